The van der Waals surface area contributed by atoms with Gasteiger partial charge in [0, 0.05) is 6.07 Å². The molecule has 0 aromatic carbocycles. The first kappa shape index (κ1) is 14.3. The summed E-state index contributed by atoms with van der Waals surface area (Å²) >= 11 is 0. The van der Waals surface area contributed by atoms with E-state index in [2.05, 4.69) is 29.4 Å². The zero-order valence-corrected chi connectivity index (χ0v) is 12.4. The Kier molecular flexibility index (Phi) is 4.75. The number of rotatable bonds is 4. The quantitative estimate of drug-likeness (QED) is 0.907. The van der Waals surface area contributed by atoms with Crippen molar-refractivity contribution < 1.29 is 4.74 Å². The molecule has 1 fully saturated rings. The Balaban J connectivity index is 2.13. The first-order valence-corrected chi connectivity index (χ1v) is 7.19. The van der Waals surface area contributed by atoms with E-state index in [1.165, 1.54) is 19.3 Å². The van der Waals surface area contributed by atoms with Crippen LogP contribution in [0.3, 0.4) is 0 Å². The SMILES string of the molecule is CNC(c1ccc(OC)nn1)C1CC(C)CC(C)C1. The molecule has 0 aliphatic heterocycles. The van der Waals surface area contributed by atoms with E-state index in [0.717, 1.165) is 17.5 Å². The highest BCUT2D eigenvalue weighted by Crippen LogP contribution is 2.39. The van der Waals surface area contributed by atoms with Crippen LogP contribution >= 0.6 is 0 Å². The van der Waals surface area contributed by atoms with Crippen LogP contribution in [-0.4, -0.2) is 24.4 Å². The maximum Gasteiger partial charge on any atom is 0.233 e. The zero-order valence-electron chi connectivity index (χ0n) is 12.4. The fourth-order valence-corrected chi connectivity index (χ4v) is 3.51. The molecular formula is C15H25N3O. The van der Waals surface area contributed by atoms with Gasteiger partial charge in [-0.2, -0.15) is 5.10 Å². The summed E-state index contributed by atoms with van der Waals surface area (Å²) in [6, 6.07) is 4.21. The smallest absolute Gasteiger partial charge is 0.233 e. The van der Waals surface area contributed by atoms with E-state index in [0.29, 0.717) is 17.8 Å². The molecule has 19 heavy (non-hydrogen) atoms. The first-order chi connectivity index (χ1) is 9.13. The number of aromatic nitrogens is 2. The van der Waals surface area contributed by atoms with E-state index >= 15 is 0 Å². The summed E-state index contributed by atoms with van der Waals surface area (Å²) in [6.45, 7) is 4.71. The van der Waals surface area contributed by atoms with Crippen molar-refractivity contribution in [3.8, 4) is 5.88 Å². The maximum atomic E-state index is 5.07. The minimum absolute atomic E-state index is 0.295. The van der Waals surface area contributed by atoms with E-state index < -0.39 is 0 Å². The molecule has 0 radical (unpaired) electrons. The van der Waals surface area contributed by atoms with Gasteiger partial charge >= 0.3 is 0 Å². The second-order valence-corrected chi connectivity index (χ2v) is 5.94. The third-order valence-electron chi connectivity index (χ3n) is 4.19. The van der Waals surface area contributed by atoms with Crippen molar-refractivity contribution in [2.45, 2.75) is 39.2 Å². The second kappa shape index (κ2) is 6.33. The fraction of sp³-hybridized carbons (Fsp3) is 0.733. The molecule has 1 heterocycles. The number of hydrogen-bond acceptors (Lipinski definition) is 4. The van der Waals surface area contributed by atoms with Gasteiger partial charge in [-0.05, 0) is 50.1 Å². The maximum absolute atomic E-state index is 5.07. The molecule has 0 spiro atoms. The molecule has 0 saturated heterocycles. The lowest BCUT2D eigenvalue weighted by atomic mass is 9.73. The molecule has 1 aromatic heterocycles. The molecule has 1 aliphatic rings. The van der Waals surface area contributed by atoms with Crippen molar-refractivity contribution in [2.24, 2.45) is 17.8 Å². The Morgan fingerprint density at radius 2 is 1.84 bits per heavy atom. The van der Waals surface area contributed by atoms with Crippen LogP contribution in [0, 0.1) is 17.8 Å². The number of ether oxygens (including phenoxy) is 1. The van der Waals surface area contributed by atoms with E-state index in [1.807, 2.05) is 19.2 Å². The fourth-order valence-electron chi connectivity index (χ4n) is 3.51. The predicted molar refractivity (Wildman–Crippen MR) is 76.1 cm³/mol. The number of methoxy groups -OCH3 is 1. The molecule has 4 nitrogen and oxygen atoms in total. The molecule has 1 aliphatic carbocycles. The minimum Gasteiger partial charge on any atom is -0.480 e. The second-order valence-electron chi connectivity index (χ2n) is 5.94. The molecule has 1 aromatic rings. The Hall–Kier alpha value is -1.16. The zero-order chi connectivity index (χ0) is 13.8. The van der Waals surface area contributed by atoms with Crippen molar-refractivity contribution in [3.63, 3.8) is 0 Å². The molecule has 106 valence electrons. The van der Waals surface area contributed by atoms with Crippen LogP contribution in [0.1, 0.15) is 44.8 Å². The average molecular weight is 263 g/mol. The van der Waals surface area contributed by atoms with Gasteiger partial charge in [-0.1, -0.05) is 13.8 Å². The van der Waals surface area contributed by atoms with Gasteiger partial charge in [0.05, 0.1) is 18.8 Å². The van der Waals surface area contributed by atoms with Crippen molar-refractivity contribution >= 4 is 0 Å². The Labute approximate surface area is 116 Å². The van der Waals surface area contributed by atoms with E-state index in [1.54, 1.807) is 7.11 Å². The highest BCUT2D eigenvalue weighted by atomic mass is 16.5. The van der Waals surface area contributed by atoms with E-state index in [4.69, 9.17) is 4.74 Å². The summed E-state index contributed by atoms with van der Waals surface area (Å²) in [7, 11) is 3.63. The molecule has 3 atom stereocenters. The van der Waals surface area contributed by atoms with Crippen LogP contribution in [0.4, 0.5) is 0 Å². The third-order valence-corrected chi connectivity index (χ3v) is 4.19. The Morgan fingerprint density at radius 3 is 2.32 bits per heavy atom. The molecule has 3 unspecified atom stereocenters. The Bertz CT molecular complexity index is 383. The summed E-state index contributed by atoms with van der Waals surface area (Å²) in [5.74, 6) is 2.82. The van der Waals surface area contributed by atoms with Gasteiger partial charge < -0.3 is 10.1 Å². The predicted octanol–water partition coefficient (Wildman–Crippen LogP) is 2.82. The number of hydrogen-bond donors (Lipinski definition) is 1. The summed E-state index contributed by atoms with van der Waals surface area (Å²) in [6.07, 6.45) is 3.88. The van der Waals surface area contributed by atoms with Crippen molar-refractivity contribution in [1.82, 2.24) is 15.5 Å². The number of nitrogens with one attached hydrogen (secondary N) is 1. The monoisotopic (exact) mass is 263 g/mol. The van der Waals surface area contributed by atoms with E-state index in [-0.39, 0.29) is 0 Å². The minimum atomic E-state index is 0.295. The summed E-state index contributed by atoms with van der Waals surface area (Å²) in [5, 5.41) is 11.8. The summed E-state index contributed by atoms with van der Waals surface area (Å²) in [4.78, 5) is 0. The molecule has 1 saturated carbocycles. The molecule has 0 bridgehead atoms. The van der Waals surface area contributed by atoms with Gasteiger partial charge in [0.25, 0.3) is 0 Å². The lowest BCUT2D eigenvalue weighted by Crippen LogP contribution is -2.32. The van der Waals surface area contributed by atoms with Crippen molar-refractivity contribution in [1.29, 1.82) is 0 Å². The van der Waals surface area contributed by atoms with Crippen LogP contribution in [0.2, 0.25) is 0 Å². The van der Waals surface area contributed by atoms with Gasteiger partial charge in [0.15, 0.2) is 0 Å². The molecule has 1 N–H and O–H groups in total. The van der Waals surface area contributed by atoms with Gasteiger partial charge in [0.2, 0.25) is 5.88 Å². The lowest BCUT2D eigenvalue weighted by molar-refractivity contribution is 0.178. The van der Waals surface area contributed by atoms with Crippen LogP contribution in [-0.2, 0) is 0 Å². The standard InChI is InChI=1S/C15H25N3O/c1-10-7-11(2)9-12(8-10)15(16-3)13-5-6-14(19-4)18-17-13/h5-6,10-12,15-16H,7-9H2,1-4H3. The summed E-state index contributed by atoms with van der Waals surface area (Å²) in [5.41, 5.74) is 1.02. The molecular weight excluding hydrogens is 238 g/mol. The largest absolute Gasteiger partial charge is 0.480 e. The first-order valence-electron chi connectivity index (χ1n) is 7.19. The molecule has 0 amide bonds. The van der Waals surface area contributed by atoms with Gasteiger partial charge in [0.1, 0.15) is 0 Å². The van der Waals surface area contributed by atoms with Crippen LogP contribution in [0.25, 0.3) is 0 Å². The van der Waals surface area contributed by atoms with Gasteiger partial charge in [-0.3, -0.25) is 0 Å². The third kappa shape index (κ3) is 3.44. The van der Waals surface area contributed by atoms with Gasteiger partial charge in [-0.15, -0.1) is 5.10 Å². The molecule has 4 heteroatoms. The highest BCUT2D eigenvalue weighted by Gasteiger charge is 2.31. The van der Waals surface area contributed by atoms with Crippen LogP contribution in [0.15, 0.2) is 12.1 Å². The van der Waals surface area contributed by atoms with E-state index in [9.17, 15) is 0 Å². The topological polar surface area (TPSA) is 47.0 Å². The van der Waals surface area contributed by atoms with Crippen LogP contribution < -0.4 is 10.1 Å². The normalized spacial score (nSPS) is 28.9. The van der Waals surface area contributed by atoms with Crippen molar-refractivity contribution in [3.05, 3.63) is 17.8 Å². The highest BCUT2D eigenvalue weighted by molar-refractivity contribution is 5.15. The van der Waals surface area contributed by atoms with Crippen LogP contribution in [0.5, 0.6) is 5.88 Å². The van der Waals surface area contributed by atoms with Gasteiger partial charge in [-0.25, -0.2) is 0 Å². The molecule has 2 rings (SSSR count). The lowest BCUT2D eigenvalue weighted by Gasteiger charge is -2.36. The summed E-state index contributed by atoms with van der Waals surface area (Å²) < 4.78 is 5.07. The number of nitrogens with zero attached hydrogens (tertiary/aromatic N) is 2. The Morgan fingerprint density at radius 1 is 1.16 bits per heavy atom. The average Bonchev–Trinajstić information content (AvgIpc) is 2.39. The van der Waals surface area contributed by atoms with Crippen molar-refractivity contribution in [2.75, 3.05) is 14.2 Å².